The second-order valence-electron chi connectivity index (χ2n) is 3.52. The average molecular weight is 243 g/mol. The van der Waals surface area contributed by atoms with Crippen molar-refractivity contribution >= 4 is 23.6 Å². The Balaban J connectivity index is 3.79. The van der Waals surface area contributed by atoms with E-state index in [0.717, 1.165) is 25.0 Å². The second-order valence-corrected chi connectivity index (χ2v) is 4.79. The first-order valence-electron chi connectivity index (χ1n) is 5.61. The van der Waals surface area contributed by atoms with E-state index in [9.17, 15) is 9.59 Å². The van der Waals surface area contributed by atoms with Crippen LogP contribution in [0.1, 0.15) is 32.6 Å². The zero-order valence-electron chi connectivity index (χ0n) is 10.2. The molecular formula is C12H21NO2S. The Labute approximate surface area is 102 Å². The molecule has 0 heterocycles. The van der Waals surface area contributed by atoms with Crippen LogP contribution in [0.2, 0.25) is 0 Å². The van der Waals surface area contributed by atoms with E-state index in [1.165, 1.54) is 16.7 Å². The van der Waals surface area contributed by atoms with Crippen molar-refractivity contribution in [2.75, 3.05) is 18.6 Å². The lowest BCUT2D eigenvalue weighted by Gasteiger charge is -2.14. The Morgan fingerprint density at radius 2 is 2.00 bits per heavy atom. The van der Waals surface area contributed by atoms with Gasteiger partial charge in [0.1, 0.15) is 0 Å². The highest BCUT2D eigenvalue weighted by Gasteiger charge is 2.15. The first-order chi connectivity index (χ1) is 7.63. The van der Waals surface area contributed by atoms with E-state index in [1.807, 2.05) is 13.0 Å². The van der Waals surface area contributed by atoms with E-state index in [2.05, 4.69) is 6.58 Å². The zero-order valence-corrected chi connectivity index (χ0v) is 11.0. The fourth-order valence-electron chi connectivity index (χ4n) is 1.16. The van der Waals surface area contributed by atoms with Crippen LogP contribution in [0.4, 0.5) is 0 Å². The van der Waals surface area contributed by atoms with Crippen molar-refractivity contribution in [2.24, 2.45) is 0 Å². The van der Waals surface area contributed by atoms with Crippen LogP contribution in [0.3, 0.4) is 0 Å². The van der Waals surface area contributed by atoms with Crippen molar-refractivity contribution in [1.82, 2.24) is 4.90 Å². The van der Waals surface area contributed by atoms with E-state index in [0.29, 0.717) is 12.2 Å². The standard InChI is InChI=1S/C12H21NO2S/c1-4-6-7-8-9-11(14)13(3)12(15)10-16-5-2/h4H,1,5-10H2,2-3H3. The number of hydrogen-bond donors (Lipinski definition) is 0. The summed E-state index contributed by atoms with van der Waals surface area (Å²) in [5.74, 6) is 1.12. The maximum Gasteiger partial charge on any atom is 0.238 e. The predicted molar refractivity (Wildman–Crippen MR) is 69.4 cm³/mol. The monoisotopic (exact) mass is 243 g/mol. The molecule has 4 heteroatoms. The molecule has 16 heavy (non-hydrogen) atoms. The molecule has 92 valence electrons. The molecule has 0 aromatic heterocycles. The van der Waals surface area contributed by atoms with Gasteiger partial charge in [0.25, 0.3) is 0 Å². The molecule has 0 unspecified atom stereocenters. The normalized spacial score (nSPS) is 9.88. The molecule has 0 fully saturated rings. The maximum atomic E-state index is 11.6. The van der Waals surface area contributed by atoms with Gasteiger partial charge in [0, 0.05) is 13.5 Å². The van der Waals surface area contributed by atoms with Gasteiger partial charge in [0.2, 0.25) is 11.8 Å². The molecule has 0 aromatic rings. The summed E-state index contributed by atoms with van der Waals surface area (Å²) in [4.78, 5) is 24.3. The van der Waals surface area contributed by atoms with Crippen molar-refractivity contribution in [3.8, 4) is 0 Å². The lowest BCUT2D eigenvalue weighted by atomic mass is 10.2. The molecule has 0 atom stereocenters. The van der Waals surface area contributed by atoms with Gasteiger partial charge in [0.15, 0.2) is 0 Å². The topological polar surface area (TPSA) is 37.4 Å². The van der Waals surface area contributed by atoms with Gasteiger partial charge in [-0.15, -0.1) is 6.58 Å². The van der Waals surface area contributed by atoms with Gasteiger partial charge in [-0.05, 0) is 25.0 Å². The Morgan fingerprint density at radius 1 is 1.31 bits per heavy atom. The Hall–Kier alpha value is -0.770. The van der Waals surface area contributed by atoms with Gasteiger partial charge in [-0.25, -0.2) is 0 Å². The highest BCUT2D eigenvalue weighted by Crippen LogP contribution is 2.05. The molecule has 0 saturated heterocycles. The minimum absolute atomic E-state index is 0.0780. The van der Waals surface area contributed by atoms with Crippen molar-refractivity contribution in [3.05, 3.63) is 12.7 Å². The van der Waals surface area contributed by atoms with Gasteiger partial charge in [0.05, 0.1) is 5.75 Å². The maximum absolute atomic E-state index is 11.6. The summed E-state index contributed by atoms with van der Waals surface area (Å²) < 4.78 is 0. The van der Waals surface area contributed by atoms with E-state index in [-0.39, 0.29) is 11.8 Å². The molecule has 0 bridgehead atoms. The van der Waals surface area contributed by atoms with Gasteiger partial charge in [-0.3, -0.25) is 14.5 Å². The smallest absolute Gasteiger partial charge is 0.238 e. The Kier molecular flexibility index (Phi) is 9.00. The molecule has 0 spiro atoms. The van der Waals surface area contributed by atoms with E-state index < -0.39 is 0 Å². The minimum atomic E-state index is -0.0967. The molecule has 0 aliphatic heterocycles. The summed E-state index contributed by atoms with van der Waals surface area (Å²) in [7, 11) is 1.56. The molecule has 0 radical (unpaired) electrons. The van der Waals surface area contributed by atoms with E-state index >= 15 is 0 Å². The zero-order chi connectivity index (χ0) is 12.4. The van der Waals surface area contributed by atoms with Crippen LogP contribution < -0.4 is 0 Å². The molecule has 3 nitrogen and oxygen atoms in total. The number of amides is 2. The average Bonchev–Trinajstić information content (AvgIpc) is 2.30. The molecule has 0 saturated carbocycles. The summed E-state index contributed by atoms with van der Waals surface area (Å²) in [5.41, 5.74) is 0. The third-order valence-corrected chi connectivity index (χ3v) is 3.09. The number of hydrogen-bond acceptors (Lipinski definition) is 3. The largest absolute Gasteiger partial charge is 0.285 e. The van der Waals surface area contributed by atoms with Gasteiger partial charge in [-0.2, -0.15) is 11.8 Å². The number of carbonyl (C=O) groups is 2. The molecule has 0 N–H and O–H groups in total. The quantitative estimate of drug-likeness (QED) is 0.485. The molecule has 2 amide bonds. The number of carbonyl (C=O) groups excluding carboxylic acids is 2. The SMILES string of the molecule is C=CCCCCC(=O)N(C)C(=O)CSCC. The molecule has 0 aliphatic carbocycles. The van der Waals surface area contributed by atoms with Crippen molar-refractivity contribution in [2.45, 2.75) is 32.6 Å². The number of nitrogens with zero attached hydrogens (tertiary/aromatic N) is 1. The van der Waals surface area contributed by atoms with Crippen molar-refractivity contribution < 1.29 is 9.59 Å². The minimum Gasteiger partial charge on any atom is -0.285 e. The molecule has 0 rings (SSSR count). The van der Waals surface area contributed by atoms with E-state index in [4.69, 9.17) is 0 Å². The highest BCUT2D eigenvalue weighted by molar-refractivity contribution is 7.99. The van der Waals surface area contributed by atoms with Crippen LogP contribution in [0, 0.1) is 0 Å². The first-order valence-corrected chi connectivity index (χ1v) is 6.77. The van der Waals surface area contributed by atoms with Crippen LogP contribution in [0.5, 0.6) is 0 Å². The van der Waals surface area contributed by atoms with Crippen LogP contribution in [-0.4, -0.2) is 35.3 Å². The highest BCUT2D eigenvalue weighted by atomic mass is 32.2. The number of rotatable bonds is 8. The molecular weight excluding hydrogens is 222 g/mol. The lowest BCUT2D eigenvalue weighted by molar-refractivity contribution is -0.141. The predicted octanol–water partition coefficient (Wildman–Crippen LogP) is 2.47. The number of allylic oxidation sites excluding steroid dienone is 1. The number of thioether (sulfide) groups is 1. The fourth-order valence-corrected chi connectivity index (χ4v) is 1.73. The number of unbranched alkanes of at least 4 members (excludes halogenated alkanes) is 2. The Bertz CT molecular complexity index is 241. The van der Waals surface area contributed by atoms with Crippen LogP contribution >= 0.6 is 11.8 Å². The number of imide groups is 1. The Morgan fingerprint density at radius 3 is 2.56 bits per heavy atom. The van der Waals surface area contributed by atoms with Crippen molar-refractivity contribution in [3.63, 3.8) is 0 Å². The van der Waals surface area contributed by atoms with Crippen LogP contribution in [0.25, 0.3) is 0 Å². The first kappa shape index (κ1) is 15.2. The summed E-state index contributed by atoms with van der Waals surface area (Å²) in [5, 5.41) is 0. The fraction of sp³-hybridized carbons (Fsp3) is 0.667. The van der Waals surface area contributed by atoms with Crippen LogP contribution in [-0.2, 0) is 9.59 Å². The van der Waals surface area contributed by atoms with Gasteiger partial charge >= 0.3 is 0 Å². The summed E-state index contributed by atoms with van der Waals surface area (Å²) >= 11 is 1.54. The summed E-state index contributed by atoms with van der Waals surface area (Å²) in [6.45, 7) is 5.62. The van der Waals surface area contributed by atoms with Gasteiger partial charge < -0.3 is 0 Å². The lowest BCUT2D eigenvalue weighted by Crippen LogP contribution is -2.34. The van der Waals surface area contributed by atoms with Crippen molar-refractivity contribution in [1.29, 1.82) is 0 Å². The molecule has 0 aromatic carbocycles. The van der Waals surface area contributed by atoms with Crippen LogP contribution in [0.15, 0.2) is 12.7 Å². The van der Waals surface area contributed by atoms with E-state index in [1.54, 1.807) is 7.05 Å². The third-order valence-electron chi connectivity index (χ3n) is 2.23. The summed E-state index contributed by atoms with van der Waals surface area (Å²) in [6.07, 6.45) is 5.01. The molecule has 0 aliphatic rings. The van der Waals surface area contributed by atoms with Gasteiger partial charge in [-0.1, -0.05) is 13.0 Å². The summed E-state index contributed by atoms with van der Waals surface area (Å²) in [6, 6.07) is 0. The third kappa shape index (κ3) is 6.67. The second kappa shape index (κ2) is 9.46.